The van der Waals surface area contributed by atoms with Crippen LogP contribution in [0, 0.1) is 18.8 Å². The molecule has 0 spiro atoms. The summed E-state index contributed by atoms with van der Waals surface area (Å²) in [4.78, 5) is 25.7. The van der Waals surface area contributed by atoms with Crippen molar-refractivity contribution in [3.63, 3.8) is 0 Å². The molecule has 3 heterocycles. The Morgan fingerprint density at radius 1 is 1.28 bits per heavy atom. The molecule has 7 nitrogen and oxygen atoms in total. The van der Waals surface area contributed by atoms with E-state index < -0.39 is 0 Å². The lowest BCUT2D eigenvalue weighted by molar-refractivity contribution is -0.131. The van der Waals surface area contributed by atoms with Crippen LogP contribution < -0.4 is 4.90 Å². The minimum Gasteiger partial charge on any atom is -0.355 e. The molecule has 7 heteroatoms. The van der Waals surface area contributed by atoms with Gasteiger partial charge in [0, 0.05) is 44.5 Å². The Hall–Kier alpha value is -2.44. The summed E-state index contributed by atoms with van der Waals surface area (Å²) in [7, 11) is 2.10. The molecule has 2 fully saturated rings. The summed E-state index contributed by atoms with van der Waals surface area (Å²) < 4.78 is 1.70. The van der Waals surface area contributed by atoms with Gasteiger partial charge in [0.05, 0.1) is 18.1 Å². The zero-order valence-electron chi connectivity index (χ0n) is 14.7. The van der Waals surface area contributed by atoms with Crippen LogP contribution in [0.25, 0.3) is 0 Å². The van der Waals surface area contributed by atoms with Gasteiger partial charge in [0.15, 0.2) is 0 Å². The van der Waals surface area contributed by atoms with Gasteiger partial charge in [0.25, 0.3) is 0 Å². The molecule has 0 aromatic carbocycles. The number of fused-ring (bicyclic) bond motifs is 1. The van der Waals surface area contributed by atoms with Crippen LogP contribution in [0.4, 0.5) is 5.82 Å². The van der Waals surface area contributed by atoms with E-state index in [1.807, 2.05) is 36.5 Å². The first-order valence-electron chi connectivity index (χ1n) is 8.88. The molecule has 2 aromatic rings. The van der Waals surface area contributed by atoms with Gasteiger partial charge in [-0.2, -0.15) is 5.10 Å². The lowest BCUT2D eigenvalue weighted by Crippen LogP contribution is -2.39. The molecule has 2 aromatic heterocycles. The minimum absolute atomic E-state index is 0.162. The maximum atomic E-state index is 12.6. The first kappa shape index (κ1) is 16.1. The van der Waals surface area contributed by atoms with Crippen molar-refractivity contribution < 1.29 is 4.79 Å². The second-order valence-electron chi connectivity index (χ2n) is 7.20. The number of rotatable bonds is 4. The summed E-state index contributed by atoms with van der Waals surface area (Å²) in [6, 6.07) is 2.27. The molecular weight excluding hydrogens is 316 g/mol. The second-order valence-corrected chi connectivity index (χ2v) is 7.20. The van der Waals surface area contributed by atoms with E-state index in [0.29, 0.717) is 24.4 Å². The van der Waals surface area contributed by atoms with Gasteiger partial charge in [-0.05, 0) is 31.7 Å². The molecule has 1 amide bonds. The Bertz CT molecular complexity index is 729. The van der Waals surface area contributed by atoms with Gasteiger partial charge < -0.3 is 9.80 Å². The molecule has 132 valence electrons. The fraction of sp³-hybridized carbons (Fsp3) is 0.556. The summed E-state index contributed by atoms with van der Waals surface area (Å²) >= 11 is 0. The van der Waals surface area contributed by atoms with Crippen molar-refractivity contribution in [2.45, 2.75) is 32.4 Å². The third-order valence-electron chi connectivity index (χ3n) is 5.65. The number of hydrogen-bond donors (Lipinski definition) is 0. The van der Waals surface area contributed by atoms with E-state index in [2.05, 4.69) is 27.0 Å². The number of likely N-dealkylation sites (tertiary alicyclic amines) is 1. The predicted octanol–water partition coefficient (Wildman–Crippen LogP) is 1.35. The van der Waals surface area contributed by atoms with Gasteiger partial charge in [-0.3, -0.25) is 14.5 Å². The van der Waals surface area contributed by atoms with Crippen LogP contribution in [-0.2, 0) is 11.3 Å². The van der Waals surface area contributed by atoms with Gasteiger partial charge >= 0.3 is 0 Å². The van der Waals surface area contributed by atoms with Gasteiger partial charge in [-0.15, -0.1) is 0 Å². The lowest BCUT2D eigenvalue weighted by atomic mass is 9.97. The number of nitrogens with zero attached hydrogens (tertiary/aromatic N) is 6. The van der Waals surface area contributed by atoms with E-state index in [0.717, 1.165) is 31.0 Å². The van der Waals surface area contributed by atoms with Crippen LogP contribution in [0.15, 0.2) is 30.9 Å². The predicted molar refractivity (Wildman–Crippen MR) is 94.0 cm³/mol. The highest BCUT2D eigenvalue weighted by Crippen LogP contribution is 2.41. The molecule has 0 bridgehead atoms. The third-order valence-corrected chi connectivity index (χ3v) is 5.65. The highest BCUT2D eigenvalue weighted by atomic mass is 16.2. The minimum atomic E-state index is 0.162. The van der Waals surface area contributed by atoms with Crippen molar-refractivity contribution in [2.75, 3.05) is 25.0 Å². The number of aryl methyl sites for hydroxylation is 1. The Balaban J connectivity index is 1.42. The Morgan fingerprint density at radius 2 is 2.16 bits per heavy atom. The SMILES string of the molecule is Cc1cnc(N(C)[C@@H]2CC[C@@H]3CN(C(=O)Cn4cccn4)C[C@@H]32)cn1. The fourth-order valence-electron chi connectivity index (χ4n) is 4.29. The summed E-state index contributed by atoms with van der Waals surface area (Å²) in [6.07, 6.45) is 9.53. The number of carbonyl (C=O) groups is 1. The van der Waals surface area contributed by atoms with Gasteiger partial charge in [0.1, 0.15) is 12.4 Å². The van der Waals surface area contributed by atoms with Crippen molar-refractivity contribution in [2.24, 2.45) is 11.8 Å². The summed E-state index contributed by atoms with van der Waals surface area (Å²) in [5.74, 6) is 2.18. The van der Waals surface area contributed by atoms with Crippen molar-refractivity contribution in [3.8, 4) is 0 Å². The summed E-state index contributed by atoms with van der Waals surface area (Å²) in [5.41, 5.74) is 0.928. The fourth-order valence-corrected chi connectivity index (χ4v) is 4.29. The van der Waals surface area contributed by atoms with Crippen LogP contribution in [0.2, 0.25) is 0 Å². The zero-order valence-corrected chi connectivity index (χ0v) is 14.7. The quantitative estimate of drug-likeness (QED) is 0.841. The van der Waals surface area contributed by atoms with Crippen LogP contribution >= 0.6 is 0 Å². The number of amides is 1. The van der Waals surface area contributed by atoms with Crippen molar-refractivity contribution in [1.29, 1.82) is 0 Å². The van der Waals surface area contributed by atoms with E-state index in [9.17, 15) is 4.79 Å². The van der Waals surface area contributed by atoms with Crippen molar-refractivity contribution in [3.05, 3.63) is 36.5 Å². The van der Waals surface area contributed by atoms with E-state index in [4.69, 9.17) is 0 Å². The van der Waals surface area contributed by atoms with Crippen molar-refractivity contribution >= 4 is 11.7 Å². The molecule has 25 heavy (non-hydrogen) atoms. The van der Waals surface area contributed by atoms with Gasteiger partial charge in [0.2, 0.25) is 5.91 Å². The van der Waals surface area contributed by atoms with E-state index >= 15 is 0 Å². The Kier molecular flexibility index (Phi) is 4.15. The van der Waals surface area contributed by atoms with Crippen LogP contribution in [0.1, 0.15) is 18.5 Å². The monoisotopic (exact) mass is 340 g/mol. The van der Waals surface area contributed by atoms with E-state index in [1.54, 1.807) is 10.9 Å². The number of aromatic nitrogens is 4. The molecule has 1 saturated heterocycles. The molecule has 4 rings (SSSR count). The average Bonchev–Trinajstić information content (AvgIpc) is 3.31. The molecule has 1 aliphatic carbocycles. The maximum absolute atomic E-state index is 12.6. The van der Waals surface area contributed by atoms with Crippen LogP contribution in [0.3, 0.4) is 0 Å². The molecule has 3 atom stereocenters. The summed E-state index contributed by atoms with van der Waals surface area (Å²) in [5, 5.41) is 4.14. The highest BCUT2D eigenvalue weighted by Gasteiger charge is 2.45. The molecular formula is C18H24N6O. The van der Waals surface area contributed by atoms with Gasteiger partial charge in [-0.1, -0.05) is 0 Å². The maximum Gasteiger partial charge on any atom is 0.244 e. The van der Waals surface area contributed by atoms with Gasteiger partial charge in [-0.25, -0.2) is 4.98 Å². The normalized spacial score (nSPS) is 25.2. The van der Waals surface area contributed by atoms with Crippen LogP contribution in [0.5, 0.6) is 0 Å². The summed E-state index contributed by atoms with van der Waals surface area (Å²) in [6.45, 7) is 3.98. The largest absolute Gasteiger partial charge is 0.355 e. The molecule has 0 unspecified atom stereocenters. The molecule has 0 N–H and O–H groups in total. The first-order valence-corrected chi connectivity index (χ1v) is 8.88. The standard InChI is InChI=1S/C18H24N6O/c1-13-8-20-17(9-19-13)22(2)16-5-4-14-10-23(11-15(14)16)18(25)12-24-7-3-6-21-24/h3,6-9,14-16H,4-5,10-12H2,1-2H3/t14-,15+,16-/m1/s1. The molecule has 0 radical (unpaired) electrons. The smallest absolute Gasteiger partial charge is 0.244 e. The second kappa shape index (κ2) is 6.46. The highest BCUT2D eigenvalue weighted by molar-refractivity contribution is 5.76. The van der Waals surface area contributed by atoms with E-state index in [-0.39, 0.29) is 5.91 Å². The number of carbonyl (C=O) groups excluding carboxylic acids is 1. The molecule has 1 saturated carbocycles. The third kappa shape index (κ3) is 3.10. The Morgan fingerprint density at radius 3 is 2.88 bits per heavy atom. The van der Waals surface area contributed by atoms with Crippen LogP contribution in [-0.4, -0.2) is 56.7 Å². The number of hydrogen-bond acceptors (Lipinski definition) is 5. The first-order chi connectivity index (χ1) is 12.1. The molecule has 2 aliphatic rings. The Labute approximate surface area is 147 Å². The number of anilines is 1. The topological polar surface area (TPSA) is 67.2 Å². The molecule has 1 aliphatic heterocycles. The zero-order chi connectivity index (χ0) is 17.4. The van der Waals surface area contributed by atoms with Crippen molar-refractivity contribution in [1.82, 2.24) is 24.6 Å². The lowest BCUT2D eigenvalue weighted by Gasteiger charge is -2.30. The average molecular weight is 340 g/mol. The van der Waals surface area contributed by atoms with E-state index in [1.165, 1.54) is 6.42 Å².